The number of pyridine rings is 1. The number of amides is 1. The van der Waals surface area contributed by atoms with Crippen LogP contribution in [0, 0.1) is 0 Å². The molecule has 1 amide bonds. The summed E-state index contributed by atoms with van der Waals surface area (Å²) in [6.45, 7) is 6.04. The maximum atomic E-state index is 13.2. The number of hydrogen-bond donors (Lipinski definition) is 0. The first-order chi connectivity index (χ1) is 15.0. The van der Waals surface area contributed by atoms with E-state index in [0.29, 0.717) is 27.2 Å². The highest BCUT2D eigenvalue weighted by Gasteiger charge is 2.32. The van der Waals surface area contributed by atoms with Crippen LogP contribution in [0.3, 0.4) is 0 Å². The van der Waals surface area contributed by atoms with Gasteiger partial charge in [-0.15, -0.1) is 6.58 Å². The Morgan fingerprint density at radius 1 is 1.19 bits per heavy atom. The van der Waals surface area contributed by atoms with Crippen LogP contribution in [0.1, 0.15) is 18.1 Å². The van der Waals surface area contributed by atoms with Crippen LogP contribution in [-0.2, 0) is 11.2 Å². The average Bonchev–Trinajstić information content (AvgIpc) is 3.04. The average molecular weight is 450 g/mol. The van der Waals surface area contributed by atoms with Gasteiger partial charge in [0.25, 0.3) is 11.5 Å². The highest BCUT2D eigenvalue weighted by molar-refractivity contribution is 8.26. The molecule has 0 atom stereocenters. The summed E-state index contributed by atoms with van der Waals surface area (Å²) in [5, 5.41) is 0. The Bertz CT molecular complexity index is 1280. The second kappa shape index (κ2) is 8.87. The maximum absolute atomic E-state index is 13.2. The zero-order chi connectivity index (χ0) is 22.0. The van der Waals surface area contributed by atoms with E-state index >= 15 is 0 Å². The third-order valence-corrected chi connectivity index (χ3v) is 6.12. The van der Waals surface area contributed by atoms with E-state index < -0.39 is 0 Å². The summed E-state index contributed by atoms with van der Waals surface area (Å²) in [6.07, 6.45) is 5.65. The van der Waals surface area contributed by atoms with E-state index in [4.69, 9.17) is 17.0 Å². The molecular formula is C23H19N3O3S2. The van der Waals surface area contributed by atoms with E-state index in [9.17, 15) is 9.59 Å². The molecule has 0 unspecified atom stereocenters. The van der Waals surface area contributed by atoms with Crippen LogP contribution < -0.4 is 10.3 Å². The molecule has 31 heavy (non-hydrogen) atoms. The lowest BCUT2D eigenvalue weighted by molar-refractivity contribution is -0.121. The zero-order valence-corrected chi connectivity index (χ0v) is 18.4. The maximum Gasteiger partial charge on any atom is 0.269 e. The van der Waals surface area contributed by atoms with Crippen LogP contribution in [0.15, 0.2) is 71.0 Å². The lowest BCUT2D eigenvalue weighted by Crippen LogP contribution is -2.28. The van der Waals surface area contributed by atoms with Gasteiger partial charge in [0.05, 0.1) is 4.91 Å². The Labute approximate surface area is 188 Å². The minimum atomic E-state index is -0.334. The topological polar surface area (TPSA) is 63.9 Å². The van der Waals surface area contributed by atoms with Gasteiger partial charge >= 0.3 is 0 Å². The lowest BCUT2D eigenvalue weighted by atomic mass is 10.2. The zero-order valence-electron chi connectivity index (χ0n) is 16.8. The molecule has 0 saturated carbocycles. The number of thioether (sulfide) groups is 1. The van der Waals surface area contributed by atoms with Crippen molar-refractivity contribution >= 4 is 45.9 Å². The molecule has 6 nitrogen and oxygen atoms in total. The number of aryl methyl sites for hydroxylation is 1. The number of ether oxygens (including phenoxy) is 1. The molecular weight excluding hydrogens is 430 g/mol. The number of thiocarbonyl (C=S) groups is 1. The molecule has 1 aliphatic rings. The van der Waals surface area contributed by atoms with E-state index in [2.05, 4.69) is 18.5 Å². The number of rotatable bonds is 6. The van der Waals surface area contributed by atoms with Gasteiger partial charge in [-0.2, -0.15) is 4.98 Å². The summed E-state index contributed by atoms with van der Waals surface area (Å²) >= 11 is 6.44. The Hall–Kier alpha value is -3.23. The molecule has 3 heterocycles. The van der Waals surface area contributed by atoms with Crippen molar-refractivity contribution in [2.75, 3.05) is 6.54 Å². The van der Waals surface area contributed by atoms with Crippen LogP contribution in [0.5, 0.6) is 11.6 Å². The molecule has 0 bridgehead atoms. The summed E-state index contributed by atoms with van der Waals surface area (Å²) < 4.78 is 7.83. The highest BCUT2D eigenvalue weighted by Crippen LogP contribution is 2.34. The van der Waals surface area contributed by atoms with Crippen LogP contribution in [-0.4, -0.2) is 31.1 Å². The Kier molecular flexibility index (Phi) is 6.01. The van der Waals surface area contributed by atoms with Crippen molar-refractivity contribution in [3.8, 4) is 11.6 Å². The van der Waals surface area contributed by atoms with Gasteiger partial charge in [-0.25, -0.2) is 0 Å². The van der Waals surface area contributed by atoms with Gasteiger partial charge in [0.1, 0.15) is 21.3 Å². The summed E-state index contributed by atoms with van der Waals surface area (Å²) in [5.41, 5.74) is 1.47. The van der Waals surface area contributed by atoms with Crippen LogP contribution in [0.2, 0.25) is 0 Å². The number of benzene rings is 1. The van der Waals surface area contributed by atoms with Crippen molar-refractivity contribution in [2.45, 2.75) is 13.3 Å². The fraction of sp³-hybridized carbons (Fsp3) is 0.130. The third kappa shape index (κ3) is 4.17. The van der Waals surface area contributed by atoms with E-state index in [0.717, 1.165) is 18.2 Å². The van der Waals surface area contributed by atoms with Crippen LogP contribution in [0.4, 0.5) is 0 Å². The molecule has 0 N–H and O–H groups in total. The first-order valence-corrected chi connectivity index (χ1v) is 10.9. The number of nitrogens with zero attached hydrogens (tertiary/aromatic N) is 3. The number of carbonyl (C=O) groups is 1. The fourth-order valence-corrected chi connectivity index (χ4v) is 4.36. The standard InChI is InChI=1S/C23H19N3O3S2/c1-3-12-26-22(28)18(31-23(26)30)14-17-20(29-16-10-8-15(4-2)9-11-16)24-19-7-5-6-13-25(19)21(17)27/h3,5-11,13-14H,1,4,12H2,2H3/b18-14+. The minimum absolute atomic E-state index is 0.134. The molecule has 1 saturated heterocycles. The van der Waals surface area contributed by atoms with Crippen molar-refractivity contribution in [1.29, 1.82) is 0 Å². The molecule has 4 rings (SSSR count). The predicted molar refractivity (Wildman–Crippen MR) is 127 cm³/mol. The molecule has 1 aromatic carbocycles. The third-order valence-electron chi connectivity index (χ3n) is 4.74. The first-order valence-electron chi connectivity index (χ1n) is 9.66. The quantitative estimate of drug-likeness (QED) is 0.315. The number of hydrogen-bond acceptors (Lipinski definition) is 6. The normalized spacial score (nSPS) is 15.1. The lowest BCUT2D eigenvalue weighted by Gasteiger charge is -2.11. The SMILES string of the molecule is C=CCN1C(=O)/C(=C\c2c(Oc3ccc(CC)cc3)nc3ccccn3c2=O)SC1=S. The Balaban J connectivity index is 1.83. The van der Waals surface area contributed by atoms with Crippen molar-refractivity contribution in [1.82, 2.24) is 14.3 Å². The van der Waals surface area contributed by atoms with E-state index in [-0.39, 0.29) is 22.9 Å². The summed E-state index contributed by atoms with van der Waals surface area (Å²) in [4.78, 5) is 32.3. The molecule has 0 radical (unpaired) electrons. The smallest absolute Gasteiger partial charge is 0.269 e. The van der Waals surface area contributed by atoms with Gasteiger partial charge < -0.3 is 4.74 Å². The second-order valence-corrected chi connectivity index (χ2v) is 8.42. The summed E-state index contributed by atoms with van der Waals surface area (Å²) in [7, 11) is 0. The van der Waals surface area contributed by atoms with Gasteiger partial charge in [0, 0.05) is 12.7 Å². The molecule has 2 aromatic heterocycles. The molecule has 3 aromatic rings. The molecule has 156 valence electrons. The van der Waals surface area contributed by atoms with Crippen LogP contribution in [0.25, 0.3) is 11.7 Å². The second-order valence-electron chi connectivity index (χ2n) is 6.75. The minimum Gasteiger partial charge on any atom is -0.438 e. The Morgan fingerprint density at radius 3 is 2.68 bits per heavy atom. The van der Waals surface area contributed by atoms with E-state index in [1.807, 2.05) is 24.3 Å². The van der Waals surface area contributed by atoms with Crippen LogP contribution >= 0.6 is 24.0 Å². The van der Waals surface area contributed by atoms with Gasteiger partial charge in [-0.3, -0.25) is 18.9 Å². The summed E-state index contributed by atoms with van der Waals surface area (Å²) in [6, 6.07) is 12.9. The monoisotopic (exact) mass is 449 g/mol. The van der Waals surface area contributed by atoms with Gasteiger partial charge in [0.2, 0.25) is 5.88 Å². The van der Waals surface area contributed by atoms with Crippen molar-refractivity contribution in [3.63, 3.8) is 0 Å². The van der Waals surface area contributed by atoms with E-state index in [1.54, 1.807) is 30.5 Å². The highest BCUT2D eigenvalue weighted by atomic mass is 32.2. The Morgan fingerprint density at radius 2 is 1.97 bits per heavy atom. The van der Waals surface area contributed by atoms with Crippen molar-refractivity contribution in [2.24, 2.45) is 0 Å². The number of carbonyl (C=O) groups excluding carboxylic acids is 1. The van der Waals surface area contributed by atoms with E-state index in [1.165, 1.54) is 20.9 Å². The fourth-order valence-electron chi connectivity index (χ4n) is 3.11. The molecule has 0 aliphatic carbocycles. The number of fused-ring (bicyclic) bond motifs is 1. The molecule has 1 aliphatic heterocycles. The van der Waals surface area contributed by atoms with Gasteiger partial charge in [-0.05, 0) is 42.3 Å². The molecule has 1 fully saturated rings. The predicted octanol–water partition coefficient (Wildman–Crippen LogP) is 4.44. The van der Waals surface area contributed by atoms with Gasteiger partial charge in [0.15, 0.2) is 0 Å². The number of aromatic nitrogens is 2. The molecule has 0 spiro atoms. The largest absolute Gasteiger partial charge is 0.438 e. The van der Waals surface area contributed by atoms with Gasteiger partial charge in [-0.1, -0.05) is 55.2 Å². The molecule has 8 heteroatoms. The summed E-state index contributed by atoms with van der Waals surface area (Å²) in [5.74, 6) is 0.415. The van der Waals surface area contributed by atoms with Crippen molar-refractivity contribution in [3.05, 3.63) is 87.7 Å². The first kappa shape index (κ1) is 21.0. The van der Waals surface area contributed by atoms with Crippen molar-refractivity contribution < 1.29 is 9.53 Å².